The molecule has 0 aliphatic carbocycles. The van der Waals surface area contributed by atoms with E-state index in [1.54, 1.807) is 25.1 Å². The zero-order chi connectivity index (χ0) is 14.4. The number of hydrogen-bond donors (Lipinski definition) is 0. The van der Waals surface area contributed by atoms with Crippen LogP contribution in [0.1, 0.15) is 24.2 Å². The van der Waals surface area contributed by atoms with Crippen molar-refractivity contribution in [2.75, 3.05) is 7.11 Å². The summed E-state index contributed by atoms with van der Waals surface area (Å²) in [5.74, 6) is -0.00792. The number of rotatable bonds is 4. The molecular weight excluding hydrogens is 315 g/mol. The lowest BCUT2D eigenvalue weighted by Crippen LogP contribution is -2.05. The zero-order valence-electron chi connectivity index (χ0n) is 10.9. The molecule has 0 radical (unpaired) electrons. The van der Waals surface area contributed by atoms with Crippen LogP contribution in [0.25, 0.3) is 0 Å². The van der Waals surface area contributed by atoms with Crippen molar-refractivity contribution in [3.05, 3.63) is 52.0 Å². The van der Waals surface area contributed by atoms with Gasteiger partial charge in [-0.2, -0.15) is 0 Å². The fraction of sp³-hybridized carbons (Fsp3) is 0.214. The van der Waals surface area contributed by atoms with Crippen molar-refractivity contribution in [2.45, 2.75) is 13.8 Å². The normalized spacial score (nSPS) is 12.3. The van der Waals surface area contributed by atoms with Crippen LogP contribution >= 0.6 is 15.9 Å². The number of hydrogen-bond acceptors (Lipinski definition) is 3. The van der Waals surface area contributed by atoms with Gasteiger partial charge in [0.15, 0.2) is 0 Å². The topological polar surface area (TPSA) is 35.5 Å². The molecule has 0 aliphatic rings. The maximum atomic E-state index is 12.6. The summed E-state index contributed by atoms with van der Waals surface area (Å²) in [7, 11) is 1.30. The van der Waals surface area contributed by atoms with Crippen LogP contribution < -0.4 is 4.74 Å². The molecule has 0 spiro atoms. The van der Waals surface area contributed by atoms with E-state index in [0.29, 0.717) is 17.1 Å². The second-order valence-electron chi connectivity index (χ2n) is 3.76. The highest BCUT2D eigenvalue weighted by atomic mass is 79.9. The van der Waals surface area contributed by atoms with Crippen molar-refractivity contribution >= 4 is 21.9 Å². The molecule has 5 heteroatoms. The Morgan fingerprint density at radius 2 is 2.00 bits per heavy atom. The average Bonchev–Trinajstić information content (AvgIpc) is 2.37. The standard InChI is InChI=1S/C14H14BrFO3/c1-9(16)4-5-10(2)19-13-7-6-11(15)8-12(13)14(17)18-3/h4-8H,1-3H3/b9-4+,10-5+. The maximum absolute atomic E-state index is 12.6. The molecule has 0 N–H and O–H groups in total. The van der Waals surface area contributed by atoms with Gasteiger partial charge in [-0.25, -0.2) is 9.18 Å². The molecule has 3 nitrogen and oxygen atoms in total. The van der Waals surface area contributed by atoms with Crippen LogP contribution in [-0.4, -0.2) is 13.1 Å². The van der Waals surface area contributed by atoms with Crippen LogP contribution in [0.3, 0.4) is 0 Å². The minimum Gasteiger partial charge on any atom is -0.465 e. The fourth-order valence-electron chi connectivity index (χ4n) is 1.30. The number of ether oxygens (including phenoxy) is 2. The van der Waals surface area contributed by atoms with E-state index < -0.39 is 5.97 Å². The molecule has 0 bridgehead atoms. The molecule has 1 aromatic carbocycles. The Morgan fingerprint density at radius 3 is 2.58 bits per heavy atom. The molecule has 0 heterocycles. The molecule has 0 saturated heterocycles. The molecule has 1 aromatic rings. The summed E-state index contributed by atoms with van der Waals surface area (Å²) >= 11 is 3.27. The van der Waals surface area contributed by atoms with Gasteiger partial charge in [-0.3, -0.25) is 0 Å². The minimum atomic E-state index is -0.499. The number of halogens is 2. The van der Waals surface area contributed by atoms with Crippen LogP contribution in [0, 0.1) is 0 Å². The number of esters is 1. The first-order valence-electron chi connectivity index (χ1n) is 5.50. The van der Waals surface area contributed by atoms with E-state index in [4.69, 9.17) is 4.74 Å². The van der Waals surface area contributed by atoms with Gasteiger partial charge in [0, 0.05) is 4.47 Å². The fourth-order valence-corrected chi connectivity index (χ4v) is 1.66. The van der Waals surface area contributed by atoms with E-state index in [-0.39, 0.29) is 5.83 Å². The van der Waals surface area contributed by atoms with E-state index in [1.807, 2.05) is 0 Å². The molecule has 0 saturated carbocycles. The van der Waals surface area contributed by atoms with E-state index >= 15 is 0 Å². The summed E-state index contributed by atoms with van der Waals surface area (Å²) in [5, 5.41) is 0. The van der Waals surface area contributed by atoms with Gasteiger partial charge >= 0.3 is 5.97 Å². The molecule has 0 aliphatic heterocycles. The van der Waals surface area contributed by atoms with Crippen LogP contribution in [0.4, 0.5) is 4.39 Å². The summed E-state index contributed by atoms with van der Waals surface area (Å²) < 4.78 is 23.5. The van der Waals surface area contributed by atoms with Gasteiger partial charge in [0.1, 0.15) is 17.1 Å². The van der Waals surface area contributed by atoms with Crippen molar-refractivity contribution < 1.29 is 18.7 Å². The van der Waals surface area contributed by atoms with Crippen molar-refractivity contribution in [2.24, 2.45) is 0 Å². The third-order valence-corrected chi connectivity index (χ3v) is 2.66. The first kappa shape index (κ1) is 15.4. The summed E-state index contributed by atoms with van der Waals surface area (Å²) in [6.45, 7) is 3.01. The predicted molar refractivity (Wildman–Crippen MR) is 74.7 cm³/mol. The number of methoxy groups -OCH3 is 1. The first-order valence-corrected chi connectivity index (χ1v) is 6.29. The van der Waals surface area contributed by atoms with Gasteiger partial charge in [-0.15, -0.1) is 0 Å². The molecule has 0 aromatic heterocycles. The smallest absolute Gasteiger partial charge is 0.341 e. The van der Waals surface area contributed by atoms with Crippen molar-refractivity contribution in [3.63, 3.8) is 0 Å². The summed E-state index contributed by atoms with van der Waals surface area (Å²) in [6.07, 6.45) is 2.77. The second kappa shape index (κ2) is 7.09. The maximum Gasteiger partial charge on any atom is 0.341 e. The Kier molecular flexibility index (Phi) is 5.76. The lowest BCUT2D eigenvalue weighted by atomic mass is 10.2. The van der Waals surface area contributed by atoms with Gasteiger partial charge in [0.25, 0.3) is 0 Å². The molecule has 0 unspecified atom stereocenters. The van der Waals surface area contributed by atoms with E-state index in [9.17, 15) is 9.18 Å². The van der Waals surface area contributed by atoms with Crippen LogP contribution in [0.15, 0.2) is 46.4 Å². The van der Waals surface area contributed by atoms with Gasteiger partial charge in [-0.1, -0.05) is 15.9 Å². The van der Waals surface area contributed by atoms with E-state index in [2.05, 4.69) is 20.7 Å². The Morgan fingerprint density at radius 1 is 1.32 bits per heavy atom. The third kappa shape index (κ3) is 4.87. The van der Waals surface area contributed by atoms with Crippen LogP contribution in [-0.2, 0) is 4.74 Å². The van der Waals surface area contributed by atoms with E-state index in [0.717, 1.165) is 4.47 Å². The van der Waals surface area contributed by atoms with Gasteiger partial charge in [0.05, 0.1) is 12.9 Å². The number of carbonyl (C=O) groups is 1. The Balaban J connectivity index is 3.04. The highest BCUT2D eigenvalue weighted by Gasteiger charge is 2.14. The Hall–Kier alpha value is -1.62. The highest BCUT2D eigenvalue weighted by Crippen LogP contribution is 2.25. The SMILES string of the molecule is COC(=O)c1cc(Br)ccc1O/C(C)=C/C=C(\C)F. The number of allylic oxidation sites excluding steroid dienone is 4. The Bertz CT molecular complexity index is 531. The molecule has 0 amide bonds. The first-order chi connectivity index (χ1) is 8.93. The average molecular weight is 329 g/mol. The summed E-state index contributed by atoms with van der Waals surface area (Å²) in [4.78, 5) is 11.6. The van der Waals surface area contributed by atoms with Crippen molar-refractivity contribution in [3.8, 4) is 5.75 Å². The van der Waals surface area contributed by atoms with Gasteiger partial charge in [0.2, 0.25) is 0 Å². The van der Waals surface area contributed by atoms with Crippen LogP contribution in [0.5, 0.6) is 5.75 Å². The zero-order valence-corrected chi connectivity index (χ0v) is 12.5. The second-order valence-corrected chi connectivity index (χ2v) is 4.68. The summed E-state index contributed by atoms with van der Waals surface area (Å²) in [5.41, 5.74) is 0.297. The van der Waals surface area contributed by atoms with Crippen molar-refractivity contribution in [1.29, 1.82) is 0 Å². The Labute approximate surface area is 119 Å². The number of benzene rings is 1. The third-order valence-electron chi connectivity index (χ3n) is 2.17. The van der Waals surface area contributed by atoms with E-state index in [1.165, 1.54) is 26.2 Å². The summed E-state index contributed by atoms with van der Waals surface area (Å²) in [6, 6.07) is 4.98. The quantitative estimate of drug-likeness (QED) is 0.467. The minimum absolute atomic E-state index is 0.297. The molecule has 1 rings (SSSR count). The molecule has 0 atom stereocenters. The van der Waals surface area contributed by atoms with Crippen molar-refractivity contribution in [1.82, 2.24) is 0 Å². The lowest BCUT2D eigenvalue weighted by molar-refractivity contribution is 0.0597. The highest BCUT2D eigenvalue weighted by molar-refractivity contribution is 9.10. The largest absolute Gasteiger partial charge is 0.465 e. The molecule has 0 fully saturated rings. The number of carbonyl (C=O) groups excluding carboxylic acids is 1. The molecule has 19 heavy (non-hydrogen) atoms. The molecule has 102 valence electrons. The molecular formula is C14H14BrFO3. The lowest BCUT2D eigenvalue weighted by Gasteiger charge is -2.10. The van der Waals surface area contributed by atoms with Crippen LogP contribution in [0.2, 0.25) is 0 Å². The van der Waals surface area contributed by atoms with Gasteiger partial charge in [-0.05, 0) is 44.2 Å². The van der Waals surface area contributed by atoms with Gasteiger partial charge < -0.3 is 9.47 Å². The monoisotopic (exact) mass is 328 g/mol. The predicted octanol–water partition coefficient (Wildman–Crippen LogP) is 4.39.